The molecule has 0 aromatic heterocycles. The molecule has 1 amide bonds. The van der Waals surface area contributed by atoms with Crippen molar-refractivity contribution in [1.29, 1.82) is 0 Å². The van der Waals surface area contributed by atoms with E-state index in [0.717, 1.165) is 45.3 Å². The molecule has 1 aliphatic heterocycles. The molecule has 0 atom stereocenters. The molecular formula is C16H31N3O. The van der Waals surface area contributed by atoms with Crippen molar-refractivity contribution < 1.29 is 4.79 Å². The third-order valence-electron chi connectivity index (χ3n) is 4.54. The van der Waals surface area contributed by atoms with Gasteiger partial charge in [-0.05, 0) is 39.5 Å². The van der Waals surface area contributed by atoms with Crippen LogP contribution in [0.1, 0.15) is 58.8 Å². The summed E-state index contributed by atoms with van der Waals surface area (Å²) in [5, 5.41) is 3.28. The number of nitrogens with zero attached hydrogens (tertiary/aromatic N) is 1. The Morgan fingerprint density at radius 2 is 1.75 bits per heavy atom. The molecule has 2 rings (SSSR count). The number of carbonyl (C=O) groups excluding carboxylic acids is 1. The van der Waals surface area contributed by atoms with Gasteiger partial charge < -0.3 is 16.0 Å². The Morgan fingerprint density at radius 3 is 2.30 bits per heavy atom. The molecule has 0 aromatic rings. The summed E-state index contributed by atoms with van der Waals surface area (Å²) in [6.07, 6.45) is 8.06. The molecule has 0 aromatic carbocycles. The third kappa shape index (κ3) is 5.06. The van der Waals surface area contributed by atoms with Crippen LogP contribution in [-0.4, -0.2) is 42.0 Å². The summed E-state index contributed by atoms with van der Waals surface area (Å²) in [6, 6.07) is 0.376. The van der Waals surface area contributed by atoms with Gasteiger partial charge in [0.25, 0.3) is 0 Å². The normalized spacial score (nSPS) is 23.8. The predicted molar refractivity (Wildman–Crippen MR) is 82.4 cm³/mol. The van der Waals surface area contributed by atoms with Crippen LogP contribution >= 0.6 is 0 Å². The van der Waals surface area contributed by atoms with Gasteiger partial charge >= 0.3 is 0 Å². The van der Waals surface area contributed by atoms with Gasteiger partial charge in [0, 0.05) is 37.1 Å². The third-order valence-corrected chi connectivity index (χ3v) is 4.54. The molecule has 0 radical (unpaired) electrons. The Hall–Kier alpha value is -0.610. The van der Waals surface area contributed by atoms with Gasteiger partial charge in [-0.15, -0.1) is 0 Å². The molecule has 3 N–H and O–H groups in total. The van der Waals surface area contributed by atoms with Crippen molar-refractivity contribution in [2.24, 2.45) is 11.7 Å². The number of nitrogens with one attached hydrogen (secondary N) is 1. The van der Waals surface area contributed by atoms with Crippen LogP contribution in [0.25, 0.3) is 0 Å². The lowest BCUT2D eigenvalue weighted by molar-refractivity contribution is -0.127. The van der Waals surface area contributed by atoms with Gasteiger partial charge in [-0.2, -0.15) is 0 Å². The second-order valence-corrected chi connectivity index (χ2v) is 7.38. The first-order valence-corrected chi connectivity index (χ1v) is 8.26. The van der Waals surface area contributed by atoms with E-state index in [4.69, 9.17) is 5.73 Å². The maximum Gasteiger partial charge on any atom is 0.223 e. The average Bonchev–Trinajstić information content (AvgIpc) is 2.40. The van der Waals surface area contributed by atoms with Gasteiger partial charge in [0.1, 0.15) is 0 Å². The van der Waals surface area contributed by atoms with Crippen molar-refractivity contribution >= 4 is 5.91 Å². The Bertz CT molecular complexity index is 310. The first-order valence-electron chi connectivity index (χ1n) is 8.26. The van der Waals surface area contributed by atoms with Crippen molar-refractivity contribution in [1.82, 2.24) is 10.2 Å². The molecule has 2 aliphatic rings. The summed E-state index contributed by atoms with van der Waals surface area (Å²) in [7, 11) is 0. The maximum atomic E-state index is 12.2. The van der Waals surface area contributed by atoms with E-state index in [1.807, 2.05) is 0 Å². The largest absolute Gasteiger partial charge is 0.353 e. The average molecular weight is 281 g/mol. The van der Waals surface area contributed by atoms with E-state index in [2.05, 4.69) is 24.1 Å². The molecule has 0 unspecified atom stereocenters. The quantitative estimate of drug-likeness (QED) is 0.827. The monoisotopic (exact) mass is 281 g/mol. The molecular weight excluding hydrogens is 250 g/mol. The Morgan fingerprint density at radius 1 is 1.15 bits per heavy atom. The van der Waals surface area contributed by atoms with Crippen molar-refractivity contribution in [3.63, 3.8) is 0 Å². The van der Waals surface area contributed by atoms with Gasteiger partial charge in [-0.3, -0.25) is 4.79 Å². The van der Waals surface area contributed by atoms with Crippen molar-refractivity contribution in [3.05, 3.63) is 0 Å². The molecule has 1 heterocycles. The minimum atomic E-state index is -0.127. The summed E-state index contributed by atoms with van der Waals surface area (Å²) in [6.45, 7) is 7.19. The van der Waals surface area contributed by atoms with E-state index in [0.29, 0.717) is 11.9 Å². The molecule has 116 valence electrons. The molecule has 2 fully saturated rings. The van der Waals surface area contributed by atoms with Gasteiger partial charge in [0.05, 0.1) is 0 Å². The summed E-state index contributed by atoms with van der Waals surface area (Å²) < 4.78 is 0. The van der Waals surface area contributed by atoms with E-state index < -0.39 is 0 Å². The highest BCUT2D eigenvalue weighted by atomic mass is 16.1. The summed E-state index contributed by atoms with van der Waals surface area (Å²) in [5.74, 6) is 0.590. The van der Waals surface area contributed by atoms with Gasteiger partial charge in [0.15, 0.2) is 0 Å². The maximum absolute atomic E-state index is 12.2. The van der Waals surface area contributed by atoms with Crippen molar-refractivity contribution in [2.45, 2.75) is 70.4 Å². The fraction of sp³-hybridized carbons (Fsp3) is 0.938. The SMILES string of the molecule is CC(C)(N)CN1CCC(NC(=O)C2CCCCC2)CC1. The number of nitrogens with two attached hydrogens (primary N) is 1. The molecule has 4 heteroatoms. The zero-order valence-corrected chi connectivity index (χ0v) is 13.2. The van der Waals surface area contributed by atoms with Crippen LogP contribution in [0.15, 0.2) is 0 Å². The van der Waals surface area contributed by atoms with E-state index in [1.165, 1.54) is 19.3 Å². The highest BCUT2D eigenvalue weighted by Crippen LogP contribution is 2.24. The smallest absolute Gasteiger partial charge is 0.223 e. The first-order chi connectivity index (χ1) is 9.44. The zero-order chi connectivity index (χ0) is 14.6. The predicted octanol–water partition coefficient (Wildman–Crippen LogP) is 1.88. The van der Waals surface area contributed by atoms with Crippen LogP contribution in [0, 0.1) is 5.92 Å². The van der Waals surface area contributed by atoms with Crippen LogP contribution in [0.5, 0.6) is 0 Å². The number of likely N-dealkylation sites (tertiary alicyclic amines) is 1. The lowest BCUT2D eigenvalue weighted by Crippen LogP contribution is -2.51. The Balaban J connectivity index is 1.70. The number of hydrogen-bond acceptors (Lipinski definition) is 3. The summed E-state index contributed by atoms with van der Waals surface area (Å²) >= 11 is 0. The lowest BCUT2D eigenvalue weighted by atomic mass is 9.88. The number of piperidine rings is 1. The molecule has 4 nitrogen and oxygen atoms in total. The molecule has 20 heavy (non-hydrogen) atoms. The van der Waals surface area contributed by atoms with Crippen molar-refractivity contribution in [2.75, 3.05) is 19.6 Å². The molecule has 0 spiro atoms. The second-order valence-electron chi connectivity index (χ2n) is 7.38. The van der Waals surface area contributed by atoms with Gasteiger partial charge in [-0.1, -0.05) is 19.3 Å². The number of hydrogen-bond donors (Lipinski definition) is 2. The molecule has 0 bridgehead atoms. The summed E-state index contributed by atoms with van der Waals surface area (Å²) in [4.78, 5) is 14.7. The van der Waals surface area contributed by atoms with Gasteiger partial charge in [0.2, 0.25) is 5.91 Å². The molecule has 1 saturated heterocycles. The van der Waals surface area contributed by atoms with Crippen LogP contribution in [-0.2, 0) is 4.79 Å². The Labute approximate surface area is 123 Å². The Kier molecular flexibility index (Phi) is 5.44. The molecule has 1 saturated carbocycles. The minimum Gasteiger partial charge on any atom is -0.353 e. The first kappa shape index (κ1) is 15.8. The lowest BCUT2D eigenvalue weighted by Gasteiger charge is -2.36. The second kappa shape index (κ2) is 6.90. The standard InChI is InChI=1S/C16H31N3O/c1-16(2,17)12-19-10-8-14(9-11-19)18-15(20)13-6-4-3-5-7-13/h13-14H,3-12,17H2,1-2H3,(H,18,20). The van der Waals surface area contributed by atoms with Crippen LogP contribution in [0.4, 0.5) is 0 Å². The zero-order valence-electron chi connectivity index (χ0n) is 13.2. The van der Waals surface area contributed by atoms with Crippen LogP contribution < -0.4 is 11.1 Å². The molecule has 1 aliphatic carbocycles. The fourth-order valence-corrected chi connectivity index (χ4v) is 3.50. The highest BCUT2D eigenvalue weighted by molar-refractivity contribution is 5.79. The summed E-state index contributed by atoms with van der Waals surface area (Å²) in [5.41, 5.74) is 5.94. The number of amides is 1. The minimum absolute atomic E-state index is 0.127. The van der Waals surface area contributed by atoms with Crippen LogP contribution in [0.2, 0.25) is 0 Å². The fourth-order valence-electron chi connectivity index (χ4n) is 3.50. The van der Waals surface area contributed by atoms with E-state index in [9.17, 15) is 4.79 Å². The van der Waals surface area contributed by atoms with E-state index in [-0.39, 0.29) is 11.5 Å². The van der Waals surface area contributed by atoms with Gasteiger partial charge in [-0.25, -0.2) is 0 Å². The number of carbonyl (C=O) groups is 1. The highest BCUT2D eigenvalue weighted by Gasteiger charge is 2.27. The topological polar surface area (TPSA) is 58.4 Å². The van der Waals surface area contributed by atoms with E-state index in [1.54, 1.807) is 0 Å². The number of rotatable bonds is 4. The van der Waals surface area contributed by atoms with E-state index >= 15 is 0 Å². The van der Waals surface area contributed by atoms with Crippen molar-refractivity contribution in [3.8, 4) is 0 Å². The van der Waals surface area contributed by atoms with Crippen LogP contribution in [0.3, 0.4) is 0 Å².